The minimum absolute atomic E-state index is 0.00457. The highest BCUT2D eigenvalue weighted by Gasteiger charge is 2.21. The number of hydrogen-bond donors (Lipinski definition) is 2. The summed E-state index contributed by atoms with van der Waals surface area (Å²) in [6.45, 7) is 2.69. The fourth-order valence-corrected chi connectivity index (χ4v) is 3.73. The molecule has 1 fully saturated rings. The maximum absolute atomic E-state index is 13.2. The van der Waals surface area contributed by atoms with E-state index in [1.807, 2.05) is 18.2 Å². The number of carbonyl (C=O) groups excluding carboxylic acids is 1. The Bertz CT molecular complexity index is 1120. The molecule has 1 aliphatic heterocycles. The predicted octanol–water partition coefficient (Wildman–Crippen LogP) is 4.24. The Morgan fingerprint density at radius 3 is 2.30 bits per heavy atom. The van der Waals surface area contributed by atoms with E-state index in [4.69, 9.17) is 0 Å². The van der Waals surface area contributed by atoms with Gasteiger partial charge in [-0.25, -0.2) is 4.39 Å². The molecule has 0 saturated carbocycles. The maximum Gasteiger partial charge on any atom is 0.271 e. The molecule has 3 aromatic carbocycles. The molecule has 3 aromatic rings. The first kappa shape index (κ1) is 22.1. The van der Waals surface area contributed by atoms with Gasteiger partial charge in [-0.1, -0.05) is 18.2 Å². The number of para-hydroxylation sites is 1. The highest BCUT2D eigenvalue weighted by Crippen LogP contribution is 2.30. The van der Waals surface area contributed by atoms with Crippen LogP contribution in [0.4, 0.5) is 32.8 Å². The van der Waals surface area contributed by atoms with Crippen LogP contribution < -0.4 is 15.5 Å². The number of nitro benzene ring substituents is 1. The van der Waals surface area contributed by atoms with Gasteiger partial charge in [-0.3, -0.25) is 14.9 Å². The van der Waals surface area contributed by atoms with Gasteiger partial charge in [0.2, 0.25) is 5.91 Å². The Morgan fingerprint density at radius 1 is 0.939 bits per heavy atom. The summed E-state index contributed by atoms with van der Waals surface area (Å²) in [6, 6.07) is 20.2. The summed E-state index contributed by atoms with van der Waals surface area (Å²) < 4.78 is 13.2. The summed E-state index contributed by atoms with van der Waals surface area (Å²) in [5.41, 5.74) is 2.64. The first-order chi connectivity index (χ1) is 16.0. The summed E-state index contributed by atoms with van der Waals surface area (Å²) in [6.07, 6.45) is 0. The van der Waals surface area contributed by atoms with Gasteiger partial charge in [0.25, 0.3) is 5.69 Å². The first-order valence-electron chi connectivity index (χ1n) is 10.6. The molecule has 1 amide bonds. The Kier molecular flexibility index (Phi) is 6.68. The maximum atomic E-state index is 13.2. The number of nitro groups is 1. The molecule has 1 aliphatic rings. The van der Waals surface area contributed by atoms with Gasteiger partial charge < -0.3 is 20.4 Å². The number of non-ortho nitro benzene ring substituents is 1. The van der Waals surface area contributed by atoms with Crippen molar-refractivity contribution in [3.05, 3.63) is 88.7 Å². The van der Waals surface area contributed by atoms with Crippen LogP contribution in [0.1, 0.15) is 0 Å². The molecule has 4 rings (SSSR count). The van der Waals surface area contributed by atoms with Crippen molar-refractivity contribution in [2.45, 2.75) is 0 Å². The SMILES string of the molecule is O=C(CNc1cc([N+](=O)[O-])ccc1Nc1ccc(F)cc1)N1CCN(c2ccccc2)CC1. The molecule has 8 nitrogen and oxygen atoms in total. The van der Waals surface area contributed by atoms with E-state index in [0.717, 1.165) is 18.8 Å². The van der Waals surface area contributed by atoms with E-state index in [0.29, 0.717) is 30.2 Å². The molecule has 1 heterocycles. The fourth-order valence-electron chi connectivity index (χ4n) is 3.73. The van der Waals surface area contributed by atoms with E-state index < -0.39 is 4.92 Å². The second-order valence-corrected chi connectivity index (χ2v) is 7.68. The molecule has 0 atom stereocenters. The lowest BCUT2D eigenvalue weighted by Crippen LogP contribution is -2.50. The number of piperazine rings is 1. The van der Waals surface area contributed by atoms with Crippen molar-refractivity contribution >= 4 is 34.3 Å². The molecule has 0 spiro atoms. The van der Waals surface area contributed by atoms with E-state index in [-0.39, 0.29) is 24.0 Å². The molecule has 0 aromatic heterocycles. The summed E-state index contributed by atoms with van der Waals surface area (Å²) >= 11 is 0. The monoisotopic (exact) mass is 449 g/mol. The fraction of sp³-hybridized carbons (Fsp3) is 0.208. The van der Waals surface area contributed by atoms with Crippen LogP contribution in [0, 0.1) is 15.9 Å². The lowest BCUT2D eigenvalue weighted by atomic mass is 10.2. The van der Waals surface area contributed by atoms with Crippen LogP contribution in [-0.2, 0) is 4.79 Å². The smallest absolute Gasteiger partial charge is 0.271 e. The van der Waals surface area contributed by atoms with Crippen LogP contribution in [0.15, 0.2) is 72.8 Å². The number of anilines is 4. The average Bonchev–Trinajstić information content (AvgIpc) is 2.85. The van der Waals surface area contributed by atoms with Gasteiger partial charge in [-0.15, -0.1) is 0 Å². The van der Waals surface area contributed by atoms with Crippen molar-refractivity contribution in [1.29, 1.82) is 0 Å². The van der Waals surface area contributed by atoms with Gasteiger partial charge in [0, 0.05) is 49.7 Å². The second-order valence-electron chi connectivity index (χ2n) is 7.68. The van der Waals surface area contributed by atoms with E-state index >= 15 is 0 Å². The molecule has 0 unspecified atom stereocenters. The minimum atomic E-state index is -0.489. The van der Waals surface area contributed by atoms with Gasteiger partial charge >= 0.3 is 0 Å². The zero-order valence-electron chi connectivity index (χ0n) is 17.9. The van der Waals surface area contributed by atoms with E-state index in [1.54, 1.807) is 23.1 Å². The number of rotatable bonds is 7. The van der Waals surface area contributed by atoms with Gasteiger partial charge in [0.05, 0.1) is 22.8 Å². The Hall–Kier alpha value is -4.14. The average molecular weight is 449 g/mol. The lowest BCUT2D eigenvalue weighted by molar-refractivity contribution is -0.384. The molecular weight excluding hydrogens is 425 g/mol. The largest absolute Gasteiger partial charge is 0.374 e. The van der Waals surface area contributed by atoms with E-state index in [2.05, 4.69) is 27.7 Å². The quantitative estimate of drug-likeness (QED) is 0.414. The van der Waals surface area contributed by atoms with E-state index in [9.17, 15) is 19.3 Å². The number of amides is 1. The van der Waals surface area contributed by atoms with Crippen LogP contribution in [0.5, 0.6) is 0 Å². The molecule has 1 saturated heterocycles. The summed E-state index contributed by atoms with van der Waals surface area (Å²) in [5.74, 6) is -0.442. The third-order valence-electron chi connectivity index (χ3n) is 5.52. The predicted molar refractivity (Wildman–Crippen MR) is 127 cm³/mol. The van der Waals surface area contributed by atoms with Crippen LogP contribution in [0.3, 0.4) is 0 Å². The van der Waals surface area contributed by atoms with Crippen molar-refractivity contribution in [2.24, 2.45) is 0 Å². The lowest BCUT2D eigenvalue weighted by Gasteiger charge is -2.36. The normalized spacial score (nSPS) is 13.5. The Morgan fingerprint density at radius 2 is 1.64 bits per heavy atom. The number of hydrogen-bond acceptors (Lipinski definition) is 6. The number of nitrogens with one attached hydrogen (secondary N) is 2. The molecule has 0 radical (unpaired) electrons. The topological polar surface area (TPSA) is 90.7 Å². The van der Waals surface area contributed by atoms with Crippen LogP contribution >= 0.6 is 0 Å². The Balaban J connectivity index is 1.40. The van der Waals surface area contributed by atoms with Crippen molar-refractivity contribution in [2.75, 3.05) is 48.3 Å². The Labute approximate surface area is 190 Å². The zero-order chi connectivity index (χ0) is 23.2. The summed E-state index contributed by atoms with van der Waals surface area (Å²) in [5, 5.41) is 17.4. The minimum Gasteiger partial charge on any atom is -0.374 e. The van der Waals surface area contributed by atoms with Gasteiger partial charge in [0.1, 0.15) is 5.82 Å². The number of carbonyl (C=O) groups is 1. The van der Waals surface area contributed by atoms with Gasteiger partial charge in [0.15, 0.2) is 0 Å². The summed E-state index contributed by atoms with van der Waals surface area (Å²) in [7, 11) is 0. The molecule has 2 N–H and O–H groups in total. The molecule has 9 heteroatoms. The molecule has 0 aliphatic carbocycles. The van der Waals surface area contributed by atoms with Crippen molar-refractivity contribution in [1.82, 2.24) is 4.90 Å². The second kappa shape index (κ2) is 9.99. The molecular formula is C24H24FN5O3. The van der Waals surface area contributed by atoms with Crippen molar-refractivity contribution in [3.8, 4) is 0 Å². The van der Waals surface area contributed by atoms with Gasteiger partial charge in [-0.2, -0.15) is 0 Å². The zero-order valence-corrected chi connectivity index (χ0v) is 17.9. The standard InChI is InChI=1S/C24H24FN5O3/c25-18-6-8-19(9-7-18)27-22-11-10-21(30(32)33)16-23(22)26-17-24(31)29-14-12-28(13-15-29)20-4-2-1-3-5-20/h1-11,16,26-27H,12-15,17H2. The van der Waals surface area contributed by atoms with Crippen molar-refractivity contribution in [3.63, 3.8) is 0 Å². The highest BCUT2D eigenvalue weighted by atomic mass is 19.1. The third-order valence-corrected chi connectivity index (χ3v) is 5.52. The van der Waals surface area contributed by atoms with Crippen LogP contribution in [-0.4, -0.2) is 48.5 Å². The summed E-state index contributed by atoms with van der Waals surface area (Å²) in [4.78, 5) is 27.6. The number of halogens is 1. The number of nitrogens with zero attached hydrogens (tertiary/aromatic N) is 3. The number of benzene rings is 3. The van der Waals surface area contributed by atoms with Crippen molar-refractivity contribution < 1.29 is 14.1 Å². The highest BCUT2D eigenvalue weighted by molar-refractivity contribution is 5.84. The first-order valence-corrected chi connectivity index (χ1v) is 10.6. The molecule has 170 valence electrons. The van der Waals surface area contributed by atoms with Gasteiger partial charge in [-0.05, 0) is 42.5 Å². The van der Waals surface area contributed by atoms with Crippen LogP contribution in [0.25, 0.3) is 0 Å². The van der Waals surface area contributed by atoms with Crippen LogP contribution in [0.2, 0.25) is 0 Å². The van der Waals surface area contributed by atoms with E-state index in [1.165, 1.54) is 24.3 Å². The third kappa shape index (κ3) is 5.57. The molecule has 0 bridgehead atoms. The molecule has 33 heavy (non-hydrogen) atoms.